The lowest BCUT2D eigenvalue weighted by Gasteiger charge is -2.10. The first-order valence-corrected chi connectivity index (χ1v) is 7.42. The molecule has 0 saturated heterocycles. The van der Waals surface area contributed by atoms with Gasteiger partial charge in [-0.15, -0.1) is 0 Å². The molecule has 2 aromatic carbocycles. The van der Waals surface area contributed by atoms with Crippen LogP contribution in [0.15, 0.2) is 48.5 Å². The van der Waals surface area contributed by atoms with Gasteiger partial charge in [-0.3, -0.25) is 4.79 Å². The van der Waals surface area contributed by atoms with E-state index in [9.17, 15) is 9.59 Å². The van der Waals surface area contributed by atoms with E-state index in [0.29, 0.717) is 18.0 Å². The SMILES string of the molecule is CC(=O)Oc1cccc(NC(=O)NCCc2ccccc2C)c1. The summed E-state index contributed by atoms with van der Waals surface area (Å²) in [6.07, 6.45) is 0.771. The molecule has 0 fully saturated rings. The molecule has 2 amide bonds. The van der Waals surface area contributed by atoms with Crippen LogP contribution in [0.3, 0.4) is 0 Å². The summed E-state index contributed by atoms with van der Waals surface area (Å²) in [6.45, 7) is 3.93. The molecule has 0 radical (unpaired) electrons. The van der Waals surface area contributed by atoms with Gasteiger partial charge in [-0.1, -0.05) is 30.3 Å². The minimum atomic E-state index is -0.398. The number of carbonyl (C=O) groups excluding carboxylic acids is 2. The number of anilines is 1. The van der Waals surface area contributed by atoms with Crippen LogP contribution in [0, 0.1) is 6.92 Å². The summed E-state index contributed by atoms with van der Waals surface area (Å²) < 4.78 is 4.98. The van der Waals surface area contributed by atoms with Gasteiger partial charge in [0.1, 0.15) is 5.75 Å². The molecule has 0 aliphatic carbocycles. The lowest BCUT2D eigenvalue weighted by molar-refractivity contribution is -0.131. The second-order valence-electron chi connectivity index (χ2n) is 5.18. The fraction of sp³-hybridized carbons (Fsp3) is 0.222. The van der Waals surface area contributed by atoms with E-state index in [0.717, 1.165) is 6.42 Å². The van der Waals surface area contributed by atoms with E-state index in [1.807, 2.05) is 12.1 Å². The van der Waals surface area contributed by atoms with Crippen LogP contribution in [-0.2, 0) is 11.2 Å². The van der Waals surface area contributed by atoms with Crippen molar-refractivity contribution in [3.63, 3.8) is 0 Å². The molecule has 0 heterocycles. The monoisotopic (exact) mass is 312 g/mol. The Morgan fingerprint density at radius 2 is 1.87 bits per heavy atom. The highest BCUT2D eigenvalue weighted by Gasteiger charge is 2.04. The van der Waals surface area contributed by atoms with Crippen molar-refractivity contribution >= 4 is 17.7 Å². The maximum absolute atomic E-state index is 11.9. The Kier molecular flexibility index (Phi) is 5.74. The number of aryl methyl sites for hydroxylation is 1. The lowest BCUT2D eigenvalue weighted by Crippen LogP contribution is -2.30. The second kappa shape index (κ2) is 7.98. The van der Waals surface area contributed by atoms with E-state index < -0.39 is 5.97 Å². The maximum Gasteiger partial charge on any atom is 0.319 e. The van der Waals surface area contributed by atoms with Crippen LogP contribution in [-0.4, -0.2) is 18.5 Å². The molecule has 5 heteroatoms. The number of nitrogens with one attached hydrogen (secondary N) is 2. The van der Waals surface area contributed by atoms with Crippen molar-refractivity contribution in [3.8, 4) is 5.75 Å². The summed E-state index contributed by atoms with van der Waals surface area (Å²) >= 11 is 0. The van der Waals surface area contributed by atoms with Gasteiger partial charge in [0.15, 0.2) is 0 Å². The molecular formula is C18H20N2O3. The van der Waals surface area contributed by atoms with Gasteiger partial charge in [-0.05, 0) is 36.6 Å². The average Bonchev–Trinajstić information content (AvgIpc) is 2.49. The van der Waals surface area contributed by atoms with Crippen LogP contribution in [0.4, 0.5) is 10.5 Å². The van der Waals surface area contributed by atoms with E-state index in [-0.39, 0.29) is 6.03 Å². The number of ether oxygens (including phenoxy) is 1. The smallest absolute Gasteiger partial charge is 0.319 e. The van der Waals surface area contributed by atoms with E-state index in [4.69, 9.17) is 4.74 Å². The normalized spacial score (nSPS) is 10.0. The van der Waals surface area contributed by atoms with Crippen LogP contribution < -0.4 is 15.4 Å². The molecular weight excluding hydrogens is 292 g/mol. The van der Waals surface area contributed by atoms with Gasteiger partial charge in [0.05, 0.1) is 0 Å². The molecule has 2 rings (SSSR count). The summed E-state index contributed by atoms with van der Waals surface area (Å²) in [5, 5.41) is 5.52. The van der Waals surface area contributed by atoms with E-state index >= 15 is 0 Å². The van der Waals surface area contributed by atoms with Crippen LogP contribution in [0.5, 0.6) is 5.75 Å². The predicted octanol–water partition coefficient (Wildman–Crippen LogP) is 3.28. The van der Waals surface area contributed by atoms with Crippen molar-refractivity contribution in [3.05, 3.63) is 59.7 Å². The van der Waals surface area contributed by atoms with Gasteiger partial charge >= 0.3 is 12.0 Å². The minimum absolute atomic E-state index is 0.293. The van der Waals surface area contributed by atoms with Crippen LogP contribution in [0.25, 0.3) is 0 Å². The zero-order chi connectivity index (χ0) is 16.7. The fourth-order valence-electron chi connectivity index (χ4n) is 2.18. The Morgan fingerprint density at radius 3 is 2.61 bits per heavy atom. The fourth-order valence-corrected chi connectivity index (χ4v) is 2.18. The van der Waals surface area contributed by atoms with Crippen molar-refractivity contribution in [1.82, 2.24) is 5.32 Å². The molecule has 2 N–H and O–H groups in total. The first-order valence-electron chi connectivity index (χ1n) is 7.42. The standard InChI is InChI=1S/C18H20N2O3/c1-13-6-3-4-7-15(13)10-11-19-18(22)20-16-8-5-9-17(12-16)23-14(2)21/h3-9,12H,10-11H2,1-2H3,(H2,19,20,22). The molecule has 0 aliphatic rings. The van der Waals surface area contributed by atoms with Gasteiger partial charge in [-0.25, -0.2) is 4.79 Å². The van der Waals surface area contributed by atoms with Crippen molar-refractivity contribution in [1.29, 1.82) is 0 Å². The summed E-state index contributed by atoms with van der Waals surface area (Å²) in [5.74, 6) is 0.0000396. The number of hydrogen-bond donors (Lipinski definition) is 2. The average molecular weight is 312 g/mol. The quantitative estimate of drug-likeness (QED) is 0.657. The zero-order valence-electron chi connectivity index (χ0n) is 13.3. The molecule has 120 valence electrons. The van der Waals surface area contributed by atoms with Crippen molar-refractivity contribution in [2.24, 2.45) is 0 Å². The maximum atomic E-state index is 11.9. The summed E-state index contributed by atoms with van der Waals surface area (Å²) in [4.78, 5) is 22.8. The number of rotatable bonds is 5. The molecule has 0 unspecified atom stereocenters. The number of esters is 1. The Morgan fingerprint density at radius 1 is 1.09 bits per heavy atom. The van der Waals surface area contributed by atoms with Crippen LogP contribution >= 0.6 is 0 Å². The van der Waals surface area contributed by atoms with Crippen molar-refractivity contribution in [2.45, 2.75) is 20.3 Å². The largest absolute Gasteiger partial charge is 0.427 e. The molecule has 0 aromatic heterocycles. The highest BCUT2D eigenvalue weighted by Crippen LogP contribution is 2.17. The third kappa shape index (κ3) is 5.47. The first-order chi connectivity index (χ1) is 11.0. The lowest BCUT2D eigenvalue weighted by atomic mass is 10.1. The Bertz CT molecular complexity index is 698. The Labute approximate surface area is 135 Å². The van der Waals surface area contributed by atoms with E-state index in [2.05, 4.69) is 29.7 Å². The van der Waals surface area contributed by atoms with Gasteiger partial charge in [0, 0.05) is 25.2 Å². The molecule has 23 heavy (non-hydrogen) atoms. The third-order valence-corrected chi connectivity index (χ3v) is 3.29. The molecule has 0 aliphatic heterocycles. The summed E-state index contributed by atoms with van der Waals surface area (Å²) in [6, 6.07) is 14.5. The highest BCUT2D eigenvalue weighted by atomic mass is 16.5. The number of carbonyl (C=O) groups is 2. The van der Waals surface area contributed by atoms with Crippen molar-refractivity contribution < 1.29 is 14.3 Å². The summed E-state index contributed by atoms with van der Waals surface area (Å²) in [5.41, 5.74) is 2.99. The molecule has 0 saturated carbocycles. The molecule has 5 nitrogen and oxygen atoms in total. The van der Waals surface area contributed by atoms with Crippen molar-refractivity contribution in [2.75, 3.05) is 11.9 Å². The molecule has 0 bridgehead atoms. The number of hydrogen-bond acceptors (Lipinski definition) is 3. The van der Waals surface area contributed by atoms with Gasteiger partial charge in [-0.2, -0.15) is 0 Å². The molecule has 0 atom stereocenters. The highest BCUT2D eigenvalue weighted by molar-refractivity contribution is 5.89. The van der Waals surface area contributed by atoms with E-state index in [1.165, 1.54) is 18.1 Å². The first kappa shape index (κ1) is 16.5. The Hall–Kier alpha value is -2.82. The second-order valence-corrected chi connectivity index (χ2v) is 5.18. The minimum Gasteiger partial charge on any atom is -0.427 e. The molecule has 2 aromatic rings. The third-order valence-electron chi connectivity index (χ3n) is 3.29. The van der Waals surface area contributed by atoms with Crippen LogP contribution in [0.1, 0.15) is 18.1 Å². The number of amides is 2. The van der Waals surface area contributed by atoms with E-state index in [1.54, 1.807) is 24.3 Å². The van der Waals surface area contributed by atoms with Gasteiger partial charge in [0.25, 0.3) is 0 Å². The Balaban J connectivity index is 1.83. The number of urea groups is 1. The topological polar surface area (TPSA) is 67.4 Å². The number of benzene rings is 2. The predicted molar refractivity (Wildman–Crippen MR) is 89.7 cm³/mol. The summed E-state index contributed by atoms with van der Waals surface area (Å²) in [7, 11) is 0. The zero-order valence-corrected chi connectivity index (χ0v) is 13.3. The molecule has 0 spiro atoms. The van der Waals surface area contributed by atoms with Crippen LogP contribution in [0.2, 0.25) is 0 Å². The van der Waals surface area contributed by atoms with Gasteiger partial charge < -0.3 is 15.4 Å². The van der Waals surface area contributed by atoms with Gasteiger partial charge in [0.2, 0.25) is 0 Å².